The van der Waals surface area contributed by atoms with E-state index >= 15 is 0 Å². The number of hydrogen-bond acceptors (Lipinski definition) is 2. The van der Waals surface area contributed by atoms with Gasteiger partial charge in [0.25, 0.3) is 0 Å². The Bertz CT molecular complexity index is 649. The molecule has 3 aromatic heterocycles. The predicted octanol–water partition coefficient (Wildman–Crippen LogP) is 2.53. The summed E-state index contributed by atoms with van der Waals surface area (Å²) in [5.74, 6) is 0. The molecule has 0 N–H and O–H groups in total. The van der Waals surface area contributed by atoms with Crippen LogP contribution in [0.1, 0.15) is 12.6 Å². The molecule has 0 fully saturated rings. The summed E-state index contributed by atoms with van der Waals surface area (Å²) in [6.45, 7) is 5.09. The van der Waals surface area contributed by atoms with Crippen LogP contribution in [0.5, 0.6) is 0 Å². The molecule has 0 aromatic carbocycles. The molecule has 3 aromatic rings. The molecule has 0 unspecified atom stereocenters. The maximum atomic E-state index is 4.51. The van der Waals surface area contributed by atoms with Crippen LogP contribution >= 0.6 is 0 Å². The van der Waals surface area contributed by atoms with Crippen molar-refractivity contribution in [2.24, 2.45) is 0 Å². The average molecular weight is 226 g/mol. The van der Waals surface area contributed by atoms with Crippen molar-refractivity contribution in [3.05, 3.63) is 42.5 Å². The summed E-state index contributed by atoms with van der Waals surface area (Å²) in [6.07, 6.45) is 5.85. The number of hydrogen-bond donors (Lipinski definition) is 0. The normalized spacial score (nSPS) is 11.2. The summed E-state index contributed by atoms with van der Waals surface area (Å²) in [7, 11) is 0. The van der Waals surface area contributed by atoms with E-state index in [0.717, 1.165) is 29.1 Å². The fourth-order valence-electron chi connectivity index (χ4n) is 2.19. The fraction of sp³-hybridized carbons (Fsp3) is 0.231. The van der Waals surface area contributed by atoms with E-state index in [1.807, 2.05) is 48.2 Å². The van der Waals surface area contributed by atoms with Crippen molar-refractivity contribution in [1.29, 1.82) is 0 Å². The number of aromatic nitrogens is 4. The molecule has 0 aliphatic rings. The van der Waals surface area contributed by atoms with Crippen LogP contribution < -0.4 is 0 Å². The summed E-state index contributed by atoms with van der Waals surface area (Å²) in [5, 5.41) is 4.51. The number of fused-ring (bicyclic) bond motifs is 1. The molecule has 86 valence electrons. The van der Waals surface area contributed by atoms with Gasteiger partial charge in [-0.1, -0.05) is 6.07 Å². The van der Waals surface area contributed by atoms with Crippen LogP contribution in [0.2, 0.25) is 0 Å². The van der Waals surface area contributed by atoms with Gasteiger partial charge in [-0.2, -0.15) is 5.10 Å². The number of imidazole rings is 1. The first kappa shape index (κ1) is 10.1. The molecule has 3 heterocycles. The Balaban J connectivity index is 2.34. The Morgan fingerprint density at radius 2 is 2.12 bits per heavy atom. The van der Waals surface area contributed by atoms with E-state index in [2.05, 4.69) is 21.6 Å². The molecular formula is C13H14N4. The minimum absolute atomic E-state index is 0.932. The van der Waals surface area contributed by atoms with Gasteiger partial charge in [0.1, 0.15) is 5.65 Å². The maximum Gasteiger partial charge on any atom is 0.145 e. The molecule has 0 saturated carbocycles. The summed E-state index contributed by atoms with van der Waals surface area (Å²) in [6, 6.07) is 5.96. The molecule has 4 heteroatoms. The standard InChI is InChI=1S/C13H14N4/c1-3-16-8-9-17-13(16)12(10(2)15-17)11-6-4-5-7-14-11/h4-9H,3H2,1-2H3. The van der Waals surface area contributed by atoms with E-state index in [9.17, 15) is 0 Å². The van der Waals surface area contributed by atoms with Gasteiger partial charge in [0.15, 0.2) is 0 Å². The summed E-state index contributed by atoms with van der Waals surface area (Å²) >= 11 is 0. The molecule has 0 aliphatic carbocycles. The molecule has 0 aliphatic heterocycles. The highest BCUT2D eigenvalue weighted by atomic mass is 15.3. The molecule has 17 heavy (non-hydrogen) atoms. The monoisotopic (exact) mass is 226 g/mol. The Labute approximate surface area is 99.5 Å². The first-order valence-corrected chi connectivity index (χ1v) is 5.76. The SMILES string of the molecule is CCn1ccn2nc(C)c(-c3ccccn3)c12. The second kappa shape index (κ2) is 3.73. The van der Waals surface area contributed by atoms with Crippen LogP contribution in [0.25, 0.3) is 16.9 Å². The number of nitrogens with zero attached hydrogens (tertiary/aromatic N) is 4. The highest BCUT2D eigenvalue weighted by Gasteiger charge is 2.15. The molecule has 0 amide bonds. The lowest BCUT2D eigenvalue weighted by molar-refractivity contribution is 0.789. The smallest absolute Gasteiger partial charge is 0.145 e. The van der Waals surface area contributed by atoms with Crippen LogP contribution in [0, 0.1) is 6.92 Å². The lowest BCUT2D eigenvalue weighted by atomic mass is 10.1. The third-order valence-electron chi connectivity index (χ3n) is 2.98. The zero-order chi connectivity index (χ0) is 11.8. The molecule has 3 rings (SSSR count). The Morgan fingerprint density at radius 3 is 2.82 bits per heavy atom. The van der Waals surface area contributed by atoms with Crippen molar-refractivity contribution >= 4 is 5.65 Å². The summed E-state index contributed by atoms with van der Waals surface area (Å²) < 4.78 is 4.10. The van der Waals surface area contributed by atoms with Gasteiger partial charge in [0, 0.05) is 25.1 Å². The van der Waals surface area contributed by atoms with E-state index < -0.39 is 0 Å². The fourth-order valence-corrected chi connectivity index (χ4v) is 2.19. The second-order valence-electron chi connectivity index (χ2n) is 4.03. The first-order valence-electron chi connectivity index (χ1n) is 5.76. The van der Waals surface area contributed by atoms with Crippen molar-refractivity contribution < 1.29 is 0 Å². The van der Waals surface area contributed by atoms with Gasteiger partial charge < -0.3 is 4.57 Å². The van der Waals surface area contributed by atoms with Crippen LogP contribution in [0.4, 0.5) is 0 Å². The average Bonchev–Trinajstić information content (AvgIpc) is 2.87. The first-order chi connectivity index (χ1) is 8.31. The molecule has 0 spiro atoms. The third-order valence-corrected chi connectivity index (χ3v) is 2.98. The Hall–Kier alpha value is -2.10. The van der Waals surface area contributed by atoms with Gasteiger partial charge in [0.05, 0.1) is 17.0 Å². The van der Waals surface area contributed by atoms with Crippen molar-refractivity contribution in [1.82, 2.24) is 19.2 Å². The second-order valence-corrected chi connectivity index (χ2v) is 4.03. The zero-order valence-corrected chi connectivity index (χ0v) is 9.96. The topological polar surface area (TPSA) is 35.1 Å². The molecular weight excluding hydrogens is 212 g/mol. The van der Waals surface area contributed by atoms with Crippen LogP contribution in [-0.2, 0) is 6.54 Å². The third kappa shape index (κ3) is 1.45. The molecule has 0 radical (unpaired) electrons. The lowest BCUT2D eigenvalue weighted by Crippen LogP contribution is -1.94. The highest BCUT2D eigenvalue weighted by molar-refractivity contribution is 5.77. The van der Waals surface area contributed by atoms with Crippen molar-refractivity contribution in [3.8, 4) is 11.3 Å². The van der Waals surface area contributed by atoms with Gasteiger partial charge in [-0.15, -0.1) is 0 Å². The Morgan fingerprint density at radius 1 is 1.24 bits per heavy atom. The minimum Gasteiger partial charge on any atom is -0.331 e. The highest BCUT2D eigenvalue weighted by Crippen LogP contribution is 2.26. The molecule has 4 nitrogen and oxygen atoms in total. The van der Waals surface area contributed by atoms with Crippen molar-refractivity contribution in [3.63, 3.8) is 0 Å². The quantitative estimate of drug-likeness (QED) is 0.673. The Kier molecular flexibility index (Phi) is 2.21. The number of rotatable bonds is 2. The maximum absolute atomic E-state index is 4.51. The predicted molar refractivity (Wildman–Crippen MR) is 66.8 cm³/mol. The lowest BCUT2D eigenvalue weighted by Gasteiger charge is -2.02. The molecule has 0 atom stereocenters. The summed E-state index contributed by atoms with van der Waals surface area (Å²) in [5.41, 5.74) is 4.23. The zero-order valence-electron chi connectivity index (χ0n) is 9.96. The van der Waals surface area contributed by atoms with Gasteiger partial charge in [-0.3, -0.25) is 4.98 Å². The van der Waals surface area contributed by atoms with E-state index in [-0.39, 0.29) is 0 Å². The van der Waals surface area contributed by atoms with Crippen LogP contribution in [0.15, 0.2) is 36.8 Å². The number of pyridine rings is 1. The van der Waals surface area contributed by atoms with Gasteiger partial charge in [-0.25, -0.2) is 4.52 Å². The summed E-state index contributed by atoms with van der Waals surface area (Å²) in [4.78, 5) is 4.42. The van der Waals surface area contributed by atoms with Crippen LogP contribution in [-0.4, -0.2) is 19.2 Å². The van der Waals surface area contributed by atoms with Gasteiger partial charge in [0.2, 0.25) is 0 Å². The van der Waals surface area contributed by atoms with Crippen LogP contribution in [0.3, 0.4) is 0 Å². The van der Waals surface area contributed by atoms with Crippen molar-refractivity contribution in [2.75, 3.05) is 0 Å². The largest absolute Gasteiger partial charge is 0.331 e. The molecule has 0 saturated heterocycles. The van der Waals surface area contributed by atoms with E-state index in [1.165, 1.54) is 0 Å². The van der Waals surface area contributed by atoms with Gasteiger partial charge in [-0.05, 0) is 26.0 Å². The van der Waals surface area contributed by atoms with E-state index in [4.69, 9.17) is 0 Å². The van der Waals surface area contributed by atoms with E-state index in [0.29, 0.717) is 0 Å². The van der Waals surface area contributed by atoms with Gasteiger partial charge >= 0.3 is 0 Å². The minimum atomic E-state index is 0.932. The molecule has 0 bridgehead atoms. The van der Waals surface area contributed by atoms with E-state index in [1.54, 1.807) is 0 Å². The van der Waals surface area contributed by atoms with Crippen molar-refractivity contribution in [2.45, 2.75) is 20.4 Å². The number of aryl methyl sites for hydroxylation is 2.